The lowest BCUT2D eigenvalue weighted by atomic mass is 10.0. The second kappa shape index (κ2) is 4.58. The predicted octanol–water partition coefficient (Wildman–Crippen LogP) is 4.00. The normalized spacial score (nSPS) is 23.1. The molecule has 1 fully saturated rings. The van der Waals surface area contributed by atoms with Gasteiger partial charge < -0.3 is 0 Å². The van der Waals surface area contributed by atoms with Crippen molar-refractivity contribution in [1.29, 1.82) is 0 Å². The maximum Gasteiger partial charge on any atom is 0.400 e. The van der Waals surface area contributed by atoms with E-state index in [1.807, 2.05) is 0 Å². The smallest absolute Gasteiger partial charge is 0.170 e. The van der Waals surface area contributed by atoms with E-state index in [1.165, 1.54) is 13.3 Å². The van der Waals surface area contributed by atoms with Crippen LogP contribution in [0.2, 0.25) is 0 Å². The van der Waals surface area contributed by atoms with Crippen LogP contribution in [0.5, 0.6) is 0 Å². The van der Waals surface area contributed by atoms with E-state index in [4.69, 9.17) is 0 Å². The highest BCUT2D eigenvalue weighted by atomic mass is 32.2. The van der Waals surface area contributed by atoms with Crippen molar-refractivity contribution >= 4 is 11.8 Å². The first-order chi connectivity index (χ1) is 6.00. The minimum absolute atomic E-state index is 0.241. The molecule has 1 aliphatic rings. The Morgan fingerprint density at radius 3 is 2.15 bits per heavy atom. The molecule has 0 saturated heterocycles. The summed E-state index contributed by atoms with van der Waals surface area (Å²) >= 11 is 1.10. The van der Waals surface area contributed by atoms with Gasteiger partial charge in [-0.2, -0.15) is 13.2 Å². The van der Waals surface area contributed by atoms with Gasteiger partial charge in [0.05, 0.1) is 5.25 Å². The molecule has 0 aromatic heterocycles. The second-order valence-electron chi connectivity index (χ2n) is 3.58. The number of alkyl halides is 3. The number of rotatable bonds is 2. The SMILES string of the molecule is CC(SC1CCCCC1)C(F)(F)F. The van der Waals surface area contributed by atoms with Gasteiger partial charge in [-0.15, -0.1) is 11.8 Å². The van der Waals surface area contributed by atoms with Crippen LogP contribution in [-0.4, -0.2) is 16.7 Å². The van der Waals surface area contributed by atoms with Crippen molar-refractivity contribution in [3.05, 3.63) is 0 Å². The molecular formula is C9H15F3S. The third-order valence-corrected chi connectivity index (χ3v) is 3.94. The summed E-state index contributed by atoms with van der Waals surface area (Å²) in [7, 11) is 0. The van der Waals surface area contributed by atoms with Crippen LogP contribution in [0, 0.1) is 0 Å². The van der Waals surface area contributed by atoms with E-state index in [1.54, 1.807) is 0 Å². The van der Waals surface area contributed by atoms with Gasteiger partial charge in [0.15, 0.2) is 0 Å². The minimum atomic E-state index is -4.03. The molecule has 0 aliphatic heterocycles. The van der Waals surface area contributed by atoms with Crippen molar-refractivity contribution in [3.8, 4) is 0 Å². The average Bonchev–Trinajstić information content (AvgIpc) is 2.04. The molecule has 0 N–H and O–H groups in total. The van der Waals surface area contributed by atoms with Gasteiger partial charge in [0, 0.05) is 5.25 Å². The van der Waals surface area contributed by atoms with E-state index in [2.05, 4.69) is 0 Å². The van der Waals surface area contributed by atoms with Crippen LogP contribution in [0.1, 0.15) is 39.0 Å². The van der Waals surface area contributed by atoms with Crippen LogP contribution < -0.4 is 0 Å². The van der Waals surface area contributed by atoms with Crippen molar-refractivity contribution < 1.29 is 13.2 Å². The van der Waals surface area contributed by atoms with Crippen LogP contribution >= 0.6 is 11.8 Å². The summed E-state index contributed by atoms with van der Waals surface area (Å²) in [5, 5.41) is -0.957. The first kappa shape index (κ1) is 11.2. The fourth-order valence-corrected chi connectivity index (χ4v) is 2.90. The third-order valence-electron chi connectivity index (χ3n) is 2.41. The van der Waals surface area contributed by atoms with Crippen LogP contribution in [-0.2, 0) is 0 Å². The predicted molar refractivity (Wildman–Crippen MR) is 50.0 cm³/mol. The molecule has 0 amide bonds. The Morgan fingerprint density at radius 1 is 1.15 bits per heavy atom. The van der Waals surface area contributed by atoms with E-state index < -0.39 is 11.4 Å². The van der Waals surface area contributed by atoms with Crippen LogP contribution in [0.3, 0.4) is 0 Å². The zero-order chi connectivity index (χ0) is 9.90. The van der Waals surface area contributed by atoms with Crippen LogP contribution in [0.25, 0.3) is 0 Å². The topological polar surface area (TPSA) is 0 Å². The Bertz CT molecular complexity index is 149. The highest BCUT2D eigenvalue weighted by Gasteiger charge is 2.37. The van der Waals surface area contributed by atoms with Crippen molar-refractivity contribution in [2.45, 2.75) is 55.7 Å². The third kappa shape index (κ3) is 3.79. The standard InChI is InChI=1S/C9H15F3S/c1-7(9(10,11)12)13-8-5-3-2-4-6-8/h7-8H,2-6H2,1H3. The van der Waals surface area contributed by atoms with E-state index in [0.29, 0.717) is 0 Å². The Labute approximate surface area is 81.3 Å². The van der Waals surface area contributed by atoms with Gasteiger partial charge in [-0.3, -0.25) is 0 Å². The Kier molecular flexibility index (Phi) is 3.95. The molecule has 0 bridgehead atoms. The molecule has 1 rings (SSSR count). The Hall–Kier alpha value is 0.140. The number of hydrogen-bond donors (Lipinski definition) is 0. The fraction of sp³-hybridized carbons (Fsp3) is 1.00. The van der Waals surface area contributed by atoms with Gasteiger partial charge in [0.25, 0.3) is 0 Å². The monoisotopic (exact) mass is 212 g/mol. The maximum absolute atomic E-state index is 12.2. The minimum Gasteiger partial charge on any atom is -0.170 e. The molecule has 13 heavy (non-hydrogen) atoms. The summed E-state index contributed by atoms with van der Waals surface area (Å²) in [5.41, 5.74) is 0. The molecule has 4 heteroatoms. The summed E-state index contributed by atoms with van der Waals surface area (Å²) in [6.07, 6.45) is 1.29. The molecule has 1 atom stereocenters. The van der Waals surface area contributed by atoms with E-state index in [9.17, 15) is 13.2 Å². The molecular weight excluding hydrogens is 197 g/mol. The van der Waals surface area contributed by atoms with Gasteiger partial charge in [-0.05, 0) is 19.8 Å². The molecule has 0 nitrogen and oxygen atoms in total. The number of hydrogen-bond acceptors (Lipinski definition) is 1. The lowest BCUT2D eigenvalue weighted by Gasteiger charge is -2.25. The molecule has 0 heterocycles. The molecule has 1 unspecified atom stereocenters. The summed E-state index contributed by atoms with van der Waals surface area (Å²) < 4.78 is 36.5. The van der Waals surface area contributed by atoms with Crippen molar-refractivity contribution in [3.63, 3.8) is 0 Å². The fourth-order valence-electron chi connectivity index (χ4n) is 1.57. The van der Waals surface area contributed by atoms with Gasteiger partial charge in [0.2, 0.25) is 0 Å². The lowest BCUT2D eigenvalue weighted by Crippen LogP contribution is -2.25. The second-order valence-corrected chi connectivity index (χ2v) is 5.23. The Morgan fingerprint density at radius 2 is 1.69 bits per heavy atom. The lowest BCUT2D eigenvalue weighted by molar-refractivity contribution is -0.125. The maximum atomic E-state index is 12.2. The molecule has 78 valence electrons. The highest BCUT2D eigenvalue weighted by Crippen LogP contribution is 2.37. The quantitative estimate of drug-likeness (QED) is 0.666. The molecule has 0 radical (unpaired) electrons. The largest absolute Gasteiger partial charge is 0.400 e. The van der Waals surface area contributed by atoms with Crippen molar-refractivity contribution in [2.24, 2.45) is 0 Å². The summed E-state index contributed by atoms with van der Waals surface area (Å²) in [4.78, 5) is 0. The van der Waals surface area contributed by atoms with E-state index >= 15 is 0 Å². The first-order valence-corrected chi connectivity index (χ1v) is 5.66. The summed E-state index contributed by atoms with van der Waals surface area (Å²) in [6, 6.07) is 0. The van der Waals surface area contributed by atoms with Gasteiger partial charge in [0.1, 0.15) is 0 Å². The molecule has 0 aromatic rings. The van der Waals surface area contributed by atoms with Gasteiger partial charge >= 0.3 is 6.18 Å². The Balaban J connectivity index is 2.30. The highest BCUT2D eigenvalue weighted by molar-refractivity contribution is 8.00. The first-order valence-electron chi connectivity index (χ1n) is 4.72. The van der Waals surface area contributed by atoms with Crippen molar-refractivity contribution in [1.82, 2.24) is 0 Å². The zero-order valence-electron chi connectivity index (χ0n) is 7.73. The number of halogens is 3. The van der Waals surface area contributed by atoms with Gasteiger partial charge in [-0.1, -0.05) is 19.3 Å². The van der Waals surface area contributed by atoms with Crippen LogP contribution in [0.4, 0.5) is 13.2 Å². The van der Waals surface area contributed by atoms with Gasteiger partial charge in [-0.25, -0.2) is 0 Å². The molecule has 1 saturated carbocycles. The molecule has 1 aliphatic carbocycles. The zero-order valence-corrected chi connectivity index (χ0v) is 8.55. The summed E-state index contributed by atoms with van der Waals surface area (Å²) in [5.74, 6) is 0. The van der Waals surface area contributed by atoms with E-state index in [0.717, 1.165) is 37.4 Å². The number of thioether (sulfide) groups is 1. The van der Waals surface area contributed by atoms with Crippen LogP contribution in [0.15, 0.2) is 0 Å². The molecule has 0 spiro atoms. The van der Waals surface area contributed by atoms with E-state index in [-0.39, 0.29) is 5.25 Å². The van der Waals surface area contributed by atoms with Crippen molar-refractivity contribution in [2.75, 3.05) is 0 Å². The summed E-state index contributed by atoms with van der Waals surface area (Å²) in [6.45, 7) is 1.26. The molecule has 0 aromatic carbocycles. The average molecular weight is 212 g/mol.